The van der Waals surface area contributed by atoms with Gasteiger partial charge < -0.3 is 10.1 Å². The van der Waals surface area contributed by atoms with Gasteiger partial charge >= 0.3 is 5.97 Å². The predicted molar refractivity (Wildman–Crippen MR) is 116 cm³/mol. The highest BCUT2D eigenvalue weighted by Crippen LogP contribution is 2.23. The van der Waals surface area contributed by atoms with E-state index in [-0.39, 0.29) is 0 Å². The third-order valence-electron chi connectivity index (χ3n) is 4.46. The molecule has 32 heavy (non-hydrogen) atoms. The Labute approximate surface area is 189 Å². The lowest BCUT2D eigenvalue weighted by Gasteiger charge is -2.20. The van der Waals surface area contributed by atoms with Crippen molar-refractivity contribution in [2.75, 3.05) is 6.61 Å². The third kappa shape index (κ3) is 5.91. The number of nitrogens with one attached hydrogen (secondary N) is 1. The van der Waals surface area contributed by atoms with Gasteiger partial charge in [0.25, 0.3) is 5.91 Å². The largest absolute Gasteiger partial charge is 0.452 e. The standard InChI is InChI=1S/C22H18ClFN2O5S/c23-16-8-6-15(7-9-16)21(14-4-2-1-3-5-14)26-20(27)13-31-22(28)18-12-17(32(25,29)30)10-11-19(18)24/h1-12,21H,13H2,(H,26,27)(H2,25,29,30)/t21-/m1/s1. The van der Waals surface area contributed by atoms with Gasteiger partial charge in [-0.3, -0.25) is 4.79 Å². The SMILES string of the molecule is NS(=O)(=O)c1ccc(F)c(C(=O)OCC(=O)N[C@H](c2ccccc2)c2ccc(Cl)cc2)c1. The van der Waals surface area contributed by atoms with Gasteiger partial charge in [0.05, 0.1) is 16.5 Å². The first-order valence-electron chi connectivity index (χ1n) is 9.24. The van der Waals surface area contributed by atoms with Crippen molar-refractivity contribution in [3.8, 4) is 0 Å². The van der Waals surface area contributed by atoms with Crippen LogP contribution in [0.3, 0.4) is 0 Å². The highest BCUT2D eigenvalue weighted by Gasteiger charge is 2.21. The predicted octanol–water partition coefficient (Wildman–Crippen LogP) is 3.19. The van der Waals surface area contributed by atoms with Crippen LogP contribution < -0.4 is 10.5 Å². The molecule has 0 aliphatic heterocycles. The number of benzene rings is 3. The van der Waals surface area contributed by atoms with E-state index in [2.05, 4.69) is 5.32 Å². The number of hydrogen-bond donors (Lipinski definition) is 2. The maximum atomic E-state index is 14.0. The van der Waals surface area contributed by atoms with Crippen molar-refractivity contribution < 1.29 is 27.1 Å². The van der Waals surface area contributed by atoms with E-state index >= 15 is 0 Å². The second-order valence-electron chi connectivity index (χ2n) is 6.73. The normalized spacial score (nSPS) is 12.1. The zero-order chi connectivity index (χ0) is 23.3. The van der Waals surface area contributed by atoms with Crippen molar-refractivity contribution in [1.29, 1.82) is 0 Å². The molecule has 0 radical (unpaired) electrons. The van der Waals surface area contributed by atoms with Gasteiger partial charge in [0, 0.05) is 5.02 Å². The van der Waals surface area contributed by atoms with Crippen LogP contribution in [0.1, 0.15) is 27.5 Å². The Morgan fingerprint density at radius 3 is 2.25 bits per heavy atom. The second-order valence-corrected chi connectivity index (χ2v) is 8.72. The van der Waals surface area contributed by atoms with Gasteiger partial charge in [0.1, 0.15) is 5.82 Å². The summed E-state index contributed by atoms with van der Waals surface area (Å²) in [6, 6.07) is 17.9. The quantitative estimate of drug-likeness (QED) is 0.508. The molecule has 0 aliphatic rings. The van der Waals surface area contributed by atoms with E-state index in [1.165, 1.54) is 0 Å². The van der Waals surface area contributed by atoms with Crippen molar-refractivity contribution >= 4 is 33.5 Å². The van der Waals surface area contributed by atoms with Crippen LogP contribution in [0.25, 0.3) is 0 Å². The zero-order valence-corrected chi connectivity index (χ0v) is 18.1. The first kappa shape index (κ1) is 23.4. The van der Waals surface area contributed by atoms with Crippen molar-refractivity contribution in [2.24, 2.45) is 5.14 Å². The molecule has 3 aromatic rings. The van der Waals surface area contributed by atoms with E-state index in [1.807, 2.05) is 30.3 Å². The van der Waals surface area contributed by atoms with E-state index in [0.717, 1.165) is 29.3 Å². The Balaban J connectivity index is 1.73. The van der Waals surface area contributed by atoms with Gasteiger partial charge in [0.2, 0.25) is 10.0 Å². The summed E-state index contributed by atoms with van der Waals surface area (Å²) in [5, 5.41) is 8.29. The molecule has 0 unspecified atom stereocenters. The molecular formula is C22H18ClFN2O5S. The van der Waals surface area contributed by atoms with Gasteiger partial charge in [0.15, 0.2) is 6.61 Å². The van der Waals surface area contributed by atoms with Crippen LogP contribution in [0.4, 0.5) is 4.39 Å². The molecule has 0 bridgehead atoms. The Morgan fingerprint density at radius 1 is 1.00 bits per heavy atom. The maximum absolute atomic E-state index is 14.0. The number of primary sulfonamides is 1. The number of carbonyl (C=O) groups is 2. The molecule has 1 amide bonds. The van der Waals surface area contributed by atoms with Gasteiger partial charge in [-0.2, -0.15) is 0 Å². The van der Waals surface area contributed by atoms with E-state index < -0.39 is 50.8 Å². The van der Waals surface area contributed by atoms with Crippen LogP contribution in [0.5, 0.6) is 0 Å². The summed E-state index contributed by atoms with van der Waals surface area (Å²) >= 11 is 5.94. The summed E-state index contributed by atoms with van der Waals surface area (Å²) in [7, 11) is -4.15. The van der Waals surface area contributed by atoms with Crippen LogP contribution in [-0.2, 0) is 19.6 Å². The van der Waals surface area contributed by atoms with Crippen molar-refractivity contribution in [2.45, 2.75) is 10.9 Å². The van der Waals surface area contributed by atoms with Gasteiger partial charge in [-0.15, -0.1) is 0 Å². The summed E-state index contributed by atoms with van der Waals surface area (Å²) in [6.45, 7) is -0.713. The molecule has 0 spiro atoms. The molecule has 0 heterocycles. The summed E-state index contributed by atoms with van der Waals surface area (Å²) in [5.41, 5.74) is 0.871. The summed E-state index contributed by atoms with van der Waals surface area (Å²) in [5.74, 6) is -2.86. The molecular weight excluding hydrogens is 459 g/mol. The van der Waals surface area contributed by atoms with Crippen molar-refractivity contribution in [3.05, 3.63) is 100 Å². The number of rotatable bonds is 7. The molecule has 0 aromatic heterocycles. The van der Waals surface area contributed by atoms with E-state index in [0.29, 0.717) is 5.02 Å². The first-order valence-corrected chi connectivity index (χ1v) is 11.2. The van der Waals surface area contributed by atoms with Gasteiger partial charge in [-0.25, -0.2) is 22.7 Å². The van der Waals surface area contributed by atoms with Crippen LogP contribution in [0.15, 0.2) is 77.7 Å². The molecule has 3 rings (SSSR count). The van der Waals surface area contributed by atoms with Crippen LogP contribution in [-0.4, -0.2) is 26.9 Å². The average Bonchev–Trinajstić information content (AvgIpc) is 2.76. The topological polar surface area (TPSA) is 116 Å². The molecule has 0 saturated carbocycles. The van der Waals surface area contributed by atoms with Crippen molar-refractivity contribution in [3.63, 3.8) is 0 Å². The highest BCUT2D eigenvalue weighted by molar-refractivity contribution is 7.89. The smallest absolute Gasteiger partial charge is 0.341 e. The molecule has 166 valence electrons. The monoisotopic (exact) mass is 476 g/mol. The molecule has 0 fully saturated rings. The number of carbonyl (C=O) groups excluding carboxylic acids is 2. The minimum atomic E-state index is -4.15. The number of nitrogens with two attached hydrogens (primary N) is 1. The van der Waals surface area contributed by atoms with Crippen LogP contribution in [0.2, 0.25) is 5.02 Å². The lowest BCUT2D eigenvalue weighted by molar-refractivity contribution is -0.124. The molecule has 7 nitrogen and oxygen atoms in total. The lowest BCUT2D eigenvalue weighted by Crippen LogP contribution is -2.33. The number of amides is 1. The molecule has 10 heteroatoms. The first-order chi connectivity index (χ1) is 15.1. The highest BCUT2D eigenvalue weighted by atomic mass is 35.5. The Bertz CT molecular complexity index is 1230. The molecule has 0 aliphatic carbocycles. The fourth-order valence-corrected chi connectivity index (χ4v) is 3.57. The van der Waals surface area contributed by atoms with Gasteiger partial charge in [-0.1, -0.05) is 54.1 Å². The number of esters is 1. The number of halogens is 2. The maximum Gasteiger partial charge on any atom is 0.341 e. The fourth-order valence-electron chi connectivity index (χ4n) is 2.91. The minimum absolute atomic E-state index is 0.456. The lowest BCUT2D eigenvalue weighted by atomic mass is 9.99. The number of ether oxygens (including phenoxy) is 1. The Kier molecular flexibility index (Phi) is 7.24. The third-order valence-corrected chi connectivity index (χ3v) is 5.63. The molecule has 0 saturated heterocycles. The average molecular weight is 477 g/mol. The molecule has 1 atom stereocenters. The van der Waals surface area contributed by atoms with Gasteiger partial charge in [-0.05, 0) is 41.5 Å². The molecule has 3 aromatic carbocycles. The van der Waals surface area contributed by atoms with E-state index in [9.17, 15) is 22.4 Å². The Hall–Kier alpha value is -3.27. The fraction of sp³-hybridized carbons (Fsp3) is 0.0909. The zero-order valence-electron chi connectivity index (χ0n) is 16.5. The summed E-state index contributed by atoms with van der Waals surface area (Å²) in [4.78, 5) is 24.3. The summed E-state index contributed by atoms with van der Waals surface area (Å²) < 4.78 is 41.7. The van der Waals surface area contributed by atoms with E-state index in [1.54, 1.807) is 24.3 Å². The van der Waals surface area contributed by atoms with Crippen LogP contribution >= 0.6 is 11.6 Å². The second kappa shape index (κ2) is 9.90. The Morgan fingerprint density at radius 2 is 1.62 bits per heavy atom. The number of hydrogen-bond acceptors (Lipinski definition) is 5. The molecule has 3 N–H and O–H groups in total. The summed E-state index contributed by atoms with van der Waals surface area (Å²) in [6.07, 6.45) is 0. The van der Waals surface area contributed by atoms with E-state index in [4.69, 9.17) is 21.5 Å². The van der Waals surface area contributed by atoms with Crippen LogP contribution in [0, 0.1) is 5.82 Å². The van der Waals surface area contributed by atoms with Crippen molar-refractivity contribution in [1.82, 2.24) is 5.32 Å². The number of sulfonamides is 1. The minimum Gasteiger partial charge on any atom is -0.452 e.